The predicted molar refractivity (Wildman–Crippen MR) is 314 cm³/mol. The van der Waals surface area contributed by atoms with Crippen LogP contribution in [0.2, 0.25) is 46.3 Å². The van der Waals surface area contributed by atoms with Gasteiger partial charge in [-0.15, -0.1) is 15.3 Å². The van der Waals surface area contributed by atoms with Crippen molar-refractivity contribution in [3.63, 3.8) is 0 Å². The molecule has 0 radical (unpaired) electrons. The zero-order valence-corrected chi connectivity index (χ0v) is 55.6. The van der Waals surface area contributed by atoms with Crippen LogP contribution in [-0.4, -0.2) is 61.6 Å². The number of hydrogen-bond acceptors (Lipinski definition) is 10. The molecule has 0 amide bonds. The molecule has 0 fully saturated rings. The molecule has 75 heavy (non-hydrogen) atoms. The summed E-state index contributed by atoms with van der Waals surface area (Å²) in [5, 5.41) is 1.11. The number of halogens is 6. The van der Waals surface area contributed by atoms with Gasteiger partial charge in [-0.3, -0.25) is 22.8 Å². The van der Waals surface area contributed by atoms with Gasteiger partial charge in [0.2, 0.25) is 11.5 Å². The van der Waals surface area contributed by atoms with E-state index in [0.717, 1.165) is 3.57 Å². The second-order valence-electron chi connectivity index (χ2n) is 19.7. The van der Waals surface area contributed by atoms with Gasteiger partial charge in [-0.1, -0.05) is 113 Å². The van der Waals surface area contributed by atoms with Crippen LogP contribution >= 0.6 is 68.7 Å². The van der Waals surface area contributed by atoms with Crippen molar-refractivity contribution >= 4 is 114 Å². The molecule has 1 unspecified atom stereocenters. The van der Waals surface area contributed by atoms with Crippen molar-refractivity contribution in [1.29, 1.82) is 0 Å². The van der Waals surface area contributed by atoms with Gasteiger partial charge in [-0.05, 0) is 112 Å². The van der Waals surface area contributed by atoms with Gasteiger partial charge in [0.1, 0.15) is 17.1 Å². The van der Waals surface area contributed by atoms with Crippen LogP contribution in [-0.2, 0) is 32.2 Å². The number of ether oxygens (including phenoxy) is 2. The Morgan fingerprint density at radius 3 is 1.56 bits per heavy atom. The molecule has 0 saturated heterocycles. The maximum atomic E-state index is 14.3. The number of carbonyl (C=O) groups excluding carboxylic acids is 2. The van der Waals surface area contributed by atoms with Gasteiger partial charge in [0.05, 0.1) is 19.2 Å². The van der Waals surface area contributed by atoms with Gasteiger partial charge in [-0.25, -0.2) is 23.9 Å². The van der Waals surface area contributed by atoms with Gasteiger partial charge in [0, 0.05) is 33.2 Å². The fourth-order valence-corrected chi connectivity index (χ4v) is 8.93. The Hall–Kier alpha value is -4.07. The molecule has 398 valence electrons. The fourth-order valence-electron chi connectivity index (χ4n) is 5.88. The van der Waals surface area contributed by atoms with Crippen molar-refractivity contribution in [2.45, 2.75) is 91.2 Å². The van der Waals surface area contributed by atoms with E-state index in [1.165, 1.54) is 62.4 Å². The van der Waals surface area contributed by atoms with E-state index in [1.54, 1.807) is 54.9 Å². The van der Waals surface area contributed by atoms with Crippen molar-refractivity contribution < 1.29 is 53.0 Å². The number of carbonyl (C=O) groups is 2. The Morgan fingerprint density at radius 1 is 0.707 bits per heavy atom. The third kappa shape index (κ3) is 17.2. The van der Waals surface area contributed by atoms with E-state index < -0.39 is 51.3 Å². The average molecular weight is 1350 g/mol. The standard InChI is InChI=1S/C23H26ClFN2O4Si.C16H21IN2O4Si.C7H5ClF.C7H9P.BrH.Zn/c1-23(2,3)32(5,6)31-20-19(22(29)30-4)26-17-11-10-14(13-27(17)21(20)28)12-15-8-7-9-16(24)18(15)25;1-16(2,3)24(5,6)23-13-12(15(21)22-4)18-11-8-7-10(17)9-19(11)14(13)20;1-5-3-2-4-6(8)7(5)9;1-6-4-2-3-5-7(6)8;;/h7-11,13H,12H2,1-6H3;7-9H,1-6H3;2-4H,1H2;2-5H,8H2,1H3;1H;/q;;-1;;;+2/p-1. The molecule has 4 heterocycles. The van der Waals surface area contributed by atoms with Crippen LogP contribution in [0.3, 0.4) is 0 Å². The first-order chi connectivity index (χ1) is 34.8. The summed E-state index contributed by atoms with van der Waals surface area (Å²) in [4.78, 5) is 59.5. The molecule has 12 nitrogen and oxygen atoms in total. The first-order valence-corrected chi connectivity index (χ1v) is 38.1. The van der Waals surface area contributed by atoms with Crippen LogP contribution in [0.5, 0.6) is 11.5 Å². The van der Waals surface area contributed by atoms with Crippen molar-refractivity contribution in [2.75, 3.05) is 14.2 Å². The molecule has 22 heteroatoms. The van der Waals surface area contributed by atoms with Crippen LogP contribution in [0.1, 0.15) is 84.8 Å². The molecule has 0 saturated carbocycles. The zero-order chi connectivity index (χ0) is 57.0. The summed E-state index contributed by atoms with van der Waals surface area (Å²) in [6, 6.07) is 24.6. The van der Waals surface area contributed by atoms with Crippen LogP contribution in [0.15, 0.2) is 107 Å². The topological polar surface area (TPSA) is 140 Å². The minimum absolute atomic E-state index is 0.0343. The average Bonchev–Trinajstić information content (AvgIpc) is 3.35. The van der Waals surface area contributed by atoms with E-state index in [1.807, 2.05) is 65.2 Å². The summed E-state index contributed by atoms with van der Waals surface area (Å²) in [5.74, 6) is -2.52. The number of nitrogens with zero attached hydrogens (tertiary/aromatic N) is 4. The number of methoxy groups -OCH3 is 2. The van der Waals surface area contributed by atoms with E-state index in [0.29, 0.717) is 22.3 Å². The third-order valence-electron chi connectivity index (χ3n) is 12.3. The van der Waals surface area contributed by atoms with E-state index in [2.05, 4.69) is 102 Å². The molecule has 3 aromatic carbocycles. The van der Waals surface area contributed by atoms with Gasteiger partial charge in [0.25, 0.3) is 27.8 Å². The molecule has 4 aromatic heterocycles. The van der Waals surface area contributed by atoms with Crippen molar-refractivity contribution in [2.24, 2.45) is 0 Å². The number of hydrogen-bond donors (Lipinski definition) is 0. The monoisotopic (exact) mass is 1350 g/mol. The number of rotatable bonds is 8. The Kier molecular flexibility index (Phi) is 24.3. The SMILES string of the molecule is COC(=O)c1nc2ccc(Cc3cccc(Cl)c3F)cn2c(=O)c1O[Si](C)(C)C(C)(C)C.COC(=O)c1nc2ccc(I)cn2c(=O)c1O[Si](C)(C)C(C)(C)C.Cc1ccccc1P.[CH2-]c1cccc(Cl)c1F.[Zn+][Br]. The van der Waals surface area contributed by atoms with E-state index in [-0.39, 0.29) is 55.1 Å². The Bertz CT molecular complexity index is 3250. The quantitative estimate of drug-likeness (QED) is 0.0475. The summed E-state index contributed by atoms with van der Waals surface area (Å²) >= 11 is 17.6. The molecular formula is C53H61BrCl2F2IN4O8PSi2Zn. The molecule has 0 N–H and O–H groups in total. The third-order valence-corrected chi connectivity index (χ3v) is 22.8. The molecule has 7 rings (SSSR count). The number of esters is 2. The van der Waals surface area contributed by atoms with E-state index >= 15 is 0 Å². The number of aryl methyl sites for hydroxylation is 1. The second kappa shape index (κ2) is 28.0. The summed E-state index contributed by atoms with van der Waals surface area (Å²) < 4.78 is 52.5. The van der Waals surface area contributed by atoms with Crippen LogP contribution < -0.4 is 25.3 Å². The first-order valence-electron chi connectivity index (χ1n) is 22.9. The summed E-state index contributed by atoms with van der Waals surface area (Å²) in [6.07, 6.45) is 3.47. The molecule has 0 bridgehead atoms. The van der Waals surface area contributed by atoms with Crippen molar-refractivity contribution in [1.82, 2.24) is 18.8 Å². The van der Waals surface area contributed by atoms with E-state index in [4.69, 9.17) is 41.5 Å². The predicted octanol–water partition coefficient (Wildman–Crippen LogP) is 13.7. The Morgan fingerprint density at radius 2 is 1.15 bits per heavy atom. The number of aromatic nitrogens is 4. The second-order valence-corrected chi connectivity index (χ2v) is 31.8. The molecule has 0 aliphatic heterocycles. The van der Waals surface area contributed by atoms with Crippen molar-refractivity contribution in [3.8, 4) is 11.5 Å². The van der Waals surface area contributed by atoms with Gasteiger partial charge < -0.3 is 18.3 Å². The van der Waals surface area contributed by atoms with Crippen LogP contribution in [0.25, 0.3) is 11.3 Å². The van der Waals surface area contributed by atoms with Gasteiger partial charge in [-0.2, -0.15) is 18.6 Å². The molecule has 0 aliphatic carbocycles. The molecule has 0 aliphatic rings. The van der Waals surface area contributed by atoms with Crippen molar-refractivity contribution in [3.05, 3.63) is 184 Å². The fraction of sp³-hybridized carbons (Fsp3) is 0.302. The van der Waals surface area contributed by atoms with Gasteiger partial charge in [0.15, 0.2) is 11.4 Å². The normalized spacial score (nSPS) is 11.3. The molecular weight excluding hydrogens is 1290 g/mol. The summed E-state index contributed by atoms with van der Waals surface area (Å²) in [7, 11) is 0.374. The first kappa shape index (κ1) is 65.2. The molecule has 7 aromatic rings. The molecule has 1 atom stereocenters. The number of benzene rings is 3. The van der Waals surface area contributed by atoms with Gasteiger partial charge >= 0.3 is 41.9 Å². The zero-order valence-electron chi connectivity index (χ0n) is 44.3. The summed E-state index contributed by atoms with van der Waals surface area (Å²) in [5.41, 5.74) is 2.23. The minimum atomic E-state index is -2.47. The van der Waals surface area contributed by atoms with E-state index in [9.17, 15) is 28.0 Å². The maximum absolute atomic E-state index is 14.3. The summed E-state index contributed by atoms with van der Waals surface area (Å²) in [6.45, 7) is 25.8. The Labute approximate surface area is 482 Å². The molecule has 0 spiro atoms. The number of pyridine rings is 2. The number of fused-ring (bicyclic) bond motifs is 2. The van der Waals surface area contributed by atoms with Crippen LogP contribution in [0, 0.1) is 29.1 Å². The Balaban J connectivity index is 0.000000298. The van der Waals surface area contributed by atoms with Crippen LogP contribution in [0.4, 0.5) is 8.78 Å².